The van der Waals surface area contributed by atoms with Gasteiger partial charge in [0.05, 0.1) is 12.1 Å². The van der Waals surface area contributed by atoms with E-state index in [-0.39, 0.29) is 18.0 Å². The van der Waals surface area contributed by atoms with E-state index in [1.165, 1.54) is 11.8 Å². The van der Waals surface area contributed by atoms with Gasteiger partial charge in [0.2, 0.25) is 17.7 Å². The molecule has 3 atom stereocenters. The minimum absolute atomic E-state index is 0.00512. The topological polar surface area (TPSA) is 113 Å². The molecule has 3 aromatic carbocycles. The summed E-state index contributed by atoms with van der Waals surface area (Å²) in [5.74, 6) is -4.10. The Hall–Kier alpha value is -4.80. The molecule has 2 aliphatic heterocycles. The van der Waals surface area contributed by atoms with E-state index >= 15 is 0 Å². The molecule has 2 heterocycles. The number of halogens is 2. The molecule has 0 radical (unpaired) electrons. The number of nitrogens with two attached hydrogens (primary N) is 1. The first kappa shape index (κ1) is 28.7. The second-order valence-electron chi connectivity index (χ2n) is 10.4. The highest BCUT2D eigenvalue weighted by molar-refractivity contribution is 6.05. The van der Waals surface area contributed by atoms with Crippen molar-refractivity contribution in [1.29, 1.82) is 0 Å². The predicted octanol–water partition coefficient (Wildman–Crippen LogP) is 2.98. The number of anilines is 1. The molecule has 1 fully saturated rings. The standard InChI is InChI=1S/C31H30F2N4O5/c1-19(30(34)40)37(26(38)16-20-14-22(32)17-23(33)15-20)28-29(21-8-3-2-4-9-21)42-25-11-6-5-10-24(25)36(31(28)41)18-27(39)35-12-7-13-35/h2-6,8-11,14-15,17,19,28-29H,7,12-13,16,18H2,1H3,(H2,34,40)/t19-,28-,29+/m0/s1. The number of carbonyl (C=O) groups excluding carboxylic acids is 4. The number of hydrogen-bond acceptors (Lipinski definition) is 5. The average molecular weight is 577 g/mol. The maximum atomic E-state index is 14.6. The highest BCUT2D eigenvalue weighted by atomic mass is 19.1. The zero-order valence-corrected chi connectivity index (χ0v) is 22.9. The summed E-state index contributed by atoms with van der Waals surface area (Å²) < 4.78 is 34.4. The predicted molar refractivity (Wildman–Crippen MR) is 149 cm³/mol. The van der Waals surface area contributed by atoms with E-state index in [4.69, 9.17) is 10.5 Å². The largest absolute Gasteiger partial charge is 0.481 e. The minimum Gasteiger partial charge on any atom is -0.481 e. The lowest BCUT2D eigenvalue weighted by Gasteiger charge is -2.39. The third kappa shape index (κ3) is 5.81. The summed E-state index contributed by atoms with van der Waals surface area (Å²) in [6.45, 7) is 2.19. The van der Waals surface area contributed by atoms with Crippen molar-refractivity contribution in [2.24, 2.45) is 5.73 Å². The molecule has 4 amide bonds. The molecule has 218 valence electrons. The fourth-order valence-electron chi connectivity index (χ4n) is 5.24. The second-order valence-corrected chi connectivity index (χ2v) is 10.4. The molecule has 9 nitrogen and oxygen atoms in total. The Balaban J connectivity index is 1.64. The van der Waals surface area contributed by atoms with Gasteiger partial charge in [0.15, 0.2) is 12.1 Å². The van der Waals surface area contributed by atoms with Crippen LogP contribution in [0.25, 0.3) is 0 Å². The van der Waals surface area contributed by atoms with E-state index < -0.39 is 54.0 Å². The Kier molecular flexibility index (Phi) is 8.19. The van der Waals surface area contributed by atoms with Gasteiger partial charge in [-0.3, -0.25) is 24.1 Å². The third-order valence-corrected chi connectivity index (χ3v) is 7.54. The lowest BCUT2D eigenvalue weighted by atomic mass is 9.96. The Morgan fingerprint density at radius 2 is 1.64 bits per heavy atom. The number of hydrogen-bond donors (Lipinski definition) is 1. The summed E-state index contributed by atoms with van der Waals surface area (Å²) in [6.07, 6.45) is -0.798. The summed E-state index contributed by atoms with van der Waals surface area (Å²) in [5.41, 5.74) is 6.53. The average Bonchev–Trinajstić information content (AvgIpc) is 3.03. The van der Waals surface area contributed by atoms with Gasteiger partial charge in [-0.15, -0.1) is 0 Å². The quantitative estimate of drug-likeness (QED) is 0.443. The van der Waals surface area contributed by atoms with Crippen LogP contribution in [-0.2, 0) is 25.6 Å². The van der Waals surface area contributed by atoms with E-state index in [9.17, 15) is 28.0 Å². The van der Waals surface area contributed by atoms with Gasteiger partial charge in [-0.25, -0.2) is 8.78 Å². The SMILES string of the molecule is C[C@@H](C(N)=O)N(C(=O)Cc1cc(F)cc(F)c1)[C@@H]1C(=O)N(CC(=O)N2CCC2)c2ccccc2O[C@@H]1c1ccccc1. The Morgan fingerprint density at radius 1 is 1.00 bits per heavy atom. The molecule has 0 unspecified atom stereocenters. The van der Waals surface area contributed by atoms with E-state index in [0.717, 1.165) is 23.5 Å². The molecule has 42 heavy (non-hydrogen) atoms. The number of ether oxygens (including phenoxy) is 1. The molecule has 0 saturated carbocycles. The van der Waals surface area contributed by atoms with Crippen LogP contribution in [0.15, 0.2) is 72.8 Å². The number of primary amides is 1. The number of amides is 4. The molecule has 0 bridgehead atoms. The van der Waals surface area contributed by atoms with Crippen molar-refractivity contribution in [2.45, 2.75) is 38.0 Å². The molecule has 1 saturated heterocycles. The highest BCUT2D eigenvalue weighted by Gasteiger charge is 2.47. The van der Waals surface area contributed by atoms with Crippen LogP contribution < -0.4 is 15.4 Å². The van der Waals surface area contributed by atoms with Crippen molar-refractivity contribution in [3.05, 3.63) is 95.6 Å². The van der Waals surface area contributed by atoms with Gasteiger partial charge in [-0.05, 0) is 48.7 Å². The van der Waals surface area contributed by atoms with E-state index in [0.29, 0.717) is 36.2 Å². The number of nitrogens with zero attached hydrogens (tertiary/aromatic N) is 3. The second kappa shape index (κ2) is 12.0. The lowest BCUT2D eigenvalue weighted by molar-refractivity contribution is -0.149. The zero-order chi connectivity index (χ0) is 30.0. The van der Waals surface area contributed by atoms with Crippen molar-refractivity contribution in [2.75, 3.05) is 24.5 Å². The first-order valence-corrected chi connectivity index (χ1v) is 13.6. The molecule has 0 aromatic heterocycles. The van der Waals surface area contributed by atoms with Crippen LogP contribution in [0.5, 0.6) is 5.75 Å². The Bertz CT molecular complexity index is 1490. The van der Waals surface area contributed by atoms with Crippen LogP contribution in [-0.4, -0.2) is 65.1 Å². The number of para-hydroxylation sites is 2. The molecule has 11 heteroatoms. The van der Waals surface area contributed by atoms with Gasteiger partial charge < -0.3 is 20.3 Å². The molecular weight excluding hydrogens is 546 g/mol. The molecule has 2 aliphatic rings. The van der Waals surface area contributed by atoms with Crippen LogP contribution >= 0.6 is 0 Å². The van der Waals surface area contributed by atoms with Gasteiger partial charge >= 0.3 is 0 Å². The summed E-state index contributed by atoms with van der Waals surface area (Å²) in [6, 6.07) is 15.3. The summed E-state index contributed by atoms with van der Waals surface area (Å²) in [4.78, 5) is 58.2. The minimum atomic E-state index is -1.47. The molecule has 3 aromatic rings. The first-order chi connectivity index (χ1) is 20.1. The monoisotopic (exact) mass is 576 g/mol. The first-order valence-electron chi connectivity index (χ1n) is 13.6. The van der Waals surface area contributed by atoms with Crippen LogP contribution in [0, 0.1) is 11.6 Å². The molecule has 0 spiro atoms. The van der Waals surface area contributed by atoms with Crippen LogP contribution in [0.2, 0.25) is 0 Å². The van der Waals surface area contributed by atoms with E-state index in [1.807, 2.05) is 0 Å². The lowest BCUT2D eigenvalue weighted by Crippen LogP contribution is -2.60. The summed E-state index contributed by atoms with van der Waals surface area (Å²) in [7, 11) is 0. The van der Waals surface area contributed by atoms with Gasteiger partial charge in [0.25, 0.3) is 5.91 Å². The van der Waals surface area contributed by atoms with Crippen molar-refractivity contribution in [1.82, 2.24) is 9.80 Å². The Morgan fingerprint density at radius 3 is 2.26 bits per heavy atom. The molecule has 0 aliphatic carbocycles. The molecular formula is C31H30F2N4O5. The van der Waals surface area contributed by atoms with Crippen LogP contribution in [0.4, 0.5) is 14.5 Å². The normalized spacial score (nSPS) is 18.7. The van der Waals surface area contributed by atoms with Gasteiger partial charge in [0.1, 0.15) is 30.0 Å². The van der Waals surface area contributed by atoms with Gasteiger partial charge in [-0.2, -0.15) is 0 Å². The van der Waals surface area contributed by atoms with Crippen LogP contribution in [0.1, 0.15) is 30.6 Å². The molecule has 2 N–H and O–H groups in total. The summed E-state index contributed by atoms with van der Waals surface area (Å²) in [5, 5.41) is 0. The van der Waals surface area contributed by atoms with Crippen LogP contribution in [0.3, 0.4) is 0 Å². The van der Waals surface area contributed by atoms with Crippen molar-refractivity contribution in [3.8, 4) is 5.75 Å². The zero-order valence-electron chi connectivity index (χ0n) is 22.9. The highest BCUT2D eigenvalue weighted by Crippen LogP contribution is 2.40. The van der Waals surface area contributed by atoms with E-state index in [1.54, 1.807) is 59.5 Å². The van der Waals surface area contributed by atoms with Gasteiger partial charge in [-0.1, -0.05) is 42.5 Å². The fraction of sp³-hybridized carbons (Fsp3) is 0.290. The van der Waals surface area contributed by atoms with E-state index in [2.05, 4.69) is 0 Å². The smallest absolute Gasteiger partial charge is 0.254 e. The van der Waals surface area contributed by atoms with Crippen molar-refractivity contribution in [3.63, 3.8) is 0 Å². The molecule has 5 rings (SSSR count). The third-order valence-electron chi connectivity index (χ3n) is 7.54. The number of rotatable bonds is 8. The maximum Gasteiger partial charge on any atom is 0.254 e. The van der Waals surface area contributed by atoms with Gasteiger partial charge in [0, 0.05) is 19.2 Å². The number of benzene rings is 3. The number of carbonyl (C=O) groups is 4. The number of likely N-dealkylation sites (tertiary alicyclic amines) is 1. The van der Waals surface area contributed by atoms with Crippen molar-refractivity contribution >= 4 is 29.3 Å². The number of fused-ring (bicyclic) bond motifs is 1. The fourth-order valence-corrected chi connectivity index (χ4v) is 5.24. The maximum absolute atomic E-state index is 14.6. The summed E-state index contributed by atoms with van der Waals surface area (Å²) >= 11 is 0. The van der Waals surface area contributed by atoms with Crippen molar-refractivity contribution < 1.29 is 32.7 Å². The Labute approximate surface area is 241 Å².